The van der Waals surface area contributed by atoms with Crippen LogP contribution in [0.1, 0.15) is 34.1 Å². The summed E-state index contributed by atoms with van der Waals surface area (Å²) in [6, 6.07) is 0. The van der Waals surface area contributed by atoms with Gasteiger partial charge in [0.2, 0.25) is 0 Å². The largest absolute Gasteiger partial charge is 0.320 e. The zero-order valence-electron chi connectivity index (χ0n) is 9.87. The molecular weight excluding hydrogens is 308 g/mol. The maximum absolute atomic E-state index is 10.8. The topological polar surface area (TPSA) is 109 Å². The van der Waals surface area contributed by atoms with Crippen molar-refractivity contribution in [3.05, 3.63) is 0 Å². The van der Waals surface area contributed by atoms with Crippen LogP contribution >= 0.6 is 21.6 Å². The number of hydrogen-bond donors (Lipinski definition) is 2. The minimum atomic E-state index is -4.20. The van der Waals surface area contributed by atoms with Crippen molar-refractivity contribution < 1.29 is 25.9 Å². The van der Waals surface area contributed by atoms with E-state index in [4.69, 9.17) is 9.11 Å². The minimum Gasteiger partial charge on any atom is -0.277 e. The van der Waals surface area contributed by atoms with Gasteiger partial charge >= 0.3 is 18.3 Å². The van der Waals surface area contributed by atoms with E-state index in [-0.39, 0.29) is 6.42 Å². The smallest absolute Gasteiger partial charge is 0.277 e. The second-order valence-electron chi connectivity index (χ2n) is 4.72. The van der Waals surface area contributed by atoms with Gasteiger partial charge in [-0.2, -0.15) is 16.8 Å². The molecule has 2 N–H and O–H groups in total. The summed E-state index contributed by atoms with van der Waals surface area (Å²) < 4.78 is 58.8. The van der Waals surface area contributed by atoms with Crippen molar-refractivity contribution in [3.63, 3.8) is 0 Å². The summed E-state index contributed by atoms with van der Waals surface area (Å²) in [5.41, 5.74) is 0. The average Bonchev–Trinajstić information content (AvgIpc) is 1.65. The molecule has 104 valence electrons. The lowest BCUT2D eigenvalue weighted by Crippen LogP contribution is -2.30. The summed E-state index contributed by atoms with van der Waals surface area (Å²) in [5, 5.41) is 0. The lowest BCUT2D eigenvalue weighted by molar-refractivity contribution is 0.498. The van der Waals surface area contributed by atoms with Crippen LogP contribution in [0.15, 0.2) is 0 Å². The second-order valence-corrected chi connectivity index (χ2v) is 12.5. The molecule has 0 saturated heterocycles. The van der Waals surface area contributed by atoms with E-state index >= 15 is 0 Å². The SMILES string of the molecule is CC(C)(CC(C)(C)SS(=O)(=O)O)SS(=O)(=O)O. The minimum absolute atomic E-state index is 0.162. The number of hydrogen-bond acceptors (Lipinski definition) is 6. The molecule has 0 amide bonds. The van der Waals surface area contributed by atoms with E-state index in [0.29, 0.717) is 21.6 Å². The van der Waals surface area contributed by atoms with E-state index in [1.54, 1.807) is 27.7 Å². The van der Waals surface area contributed by atoms with Gasteiger partial charge in [0.25, 0.3) is 0 Å². The standard InChI is InChI=1S/C7H16O6S4/c1-6(2,14-16(8,9)10)5-7(3,4)15-17(11,12)13/h5H2,1-4H3,(H,8,9,10)(H,11,12,13). The number of rotatable bonds is 6. The molecule has 0 aromatic rings. The predicted octanol–water partition coefficient (Wildman–Crippen LogP) is 2.01. The lowest BCUT2D eigenvalue weighted by Gasteiger charge is -2.31. The first kappa shape index (κ1) is 17.5. The summed E-state index contributed by atoms with van der Waals surface area (Å²) in [5.74, 6) is 0. The molecule has 0 bridgehead atoms. The van der Waals surface area contributed by atoms with Crippen molar-refractivity contribution in [1.82, 2.24) is 0 Å². The average molecular weight is 324 g/mol. The van der Waals surface area contributed by atoms with Crippen LogP contribution in [0, 0.1) is 0 Å². The molecule has 0 radical (unpaired) electrons. The normalized spacial score (nSPS) is 14.9. The first-order valence-corrected chi connectivity index (χ1v) is 10.0. The molecular formula is C7H16O6S4. The highest BCUT2D eigenvalue weighted by Gasteiger charge is 2.36. The molecule has 0 spiro atoms. The zero-order chi connectivity index (χ0) is 14.1. The van der Waals surface area contributed by atoms with Crippen molar-refractivity contribution in [3.8, 4) is 0 Å². The highest BCUT2D eigenvalue weighted by atomic mass is 33.2. The Kier molecular flexibility index (Phi) is 5.41. The van der Waals surface area contributed by atoms with Crippen molar-refractivity contribution >= 4 is 39.9 Å². The van der Waals surface area contributed by atoms with Crippen LogP contribution in [0.5, 0.6) is 0 Å². The second kappa shape index (κ2) is 5.25. The van der Waals surface area contributed by atoms with Gasteiger partial charge in [0.05, 0.1) is 0 Å². The Morgan fingerprint density at radius 3 is 1.24 bits per heavy atom. The Bertz CT molecular complexity index is 417. The Hall–Kier alpha value is 0.520. The Morgan fingerprint density at radius 1 is 0.824 bits per heavy atom. The van der Waals surface area contributed by atoms with Crippen LogP contribution in [0.2, 0.25) is 0 Å². The molecule has 0 aliphatic carbocycles. The maximum atomic E-state index is 10.8. The van der Waals surface area contributed by atoms with Gasteiger partial charge in [-0.1, -0.05) is 0 Å². The fourth-order valence-corrected chi connectivity index (χ4v) is 7.50. The van der Waals surface area contributed by atoms with E-state index < -0.39 is 27.8 Å². The van der Waals surface area contributed by atoms with Crippen LogP contribution in [-0.2, 0) is 18.3 Å². The van der Waals surface area contributed by atoms with Crippen LogP contribution in [0.4, 0.5) is 0 Å². The third-order valence-corrected chi connectivity index (χ3v) is 7.10. The molecule has 0 atom stereocenters. The van der Waals surface area contributed by atoms with Gasteiger partial charge in [-0.25, -0.2) is 0 Å². The van der Waals surface area contributed by atoms with Crippen LogP contribution in [-0.4, -0.2) is 35.4 Å². The van der Waals surface area contributed by atoms with Crippen molar-refractivity contribution in [1.29, 1.82) is 0 Å². The molecule has 10 heteroatoms. The van der Waals surface area contributed by atoms with Crippen LogP contribution in [0.3, 0.4) is 0 Å². The highest BCUT2D eigenvalue weighted by Crippen LogP contribution is 2.42. The van der Waals surface area contributed by atoms with Gasteiger partial charge < -0.3 is 0 Å². The van der Waals surface area contributed by atoms with Gasteiger partial charge in [-0.05, 0) is 34.1 Å². The molecule has 0 fully saturated rings. The molecule has 0 aromatic carbocycles. The monoisotopic (exact) mass is 324 g/mol. The molecule has 0 aliphatic heterocycles. The molecule has 0 heterocycles. The van der Waals surface area contributed by atoms with E-state index in [9.17, 15) is 16.8 Å². The summed E-state index contributed by atoms with van der Waals surface area (Å²) in [4.78, 5) is 0. The summed E-state index contributed by atoms with van der Waals surface area (Å²) in [6.45, 7) is 6.27. The lowest BCUT2D eigenvalue weighted by atomic mass is 9.99. The molecule has 17 heavy (non-hydrogen) atoms. The van der Waals surface area contributed by atoms with Crippen molar-refractivity contribution in [2.75, 3.05) is 0 Å². The predicted molar refractivity (Wildman–Crippen MR) is 71.1 cm³/mol. The van der Waals surface area contributed by atoms with E-state index in [1.807, 2.05) is 0 Å². The fourth-order valence-electron chi connectivity index (χ4n) is 1.65. The Morgan fingerprint density at radius 2 is 1.06 bits per heavy atom. The van der Waals surface area contributed by atoms with Gasteiger partial charge in [0.15, 0.2) is 0 Å². The van der Waals surface area contributed by atoms with Gasteiger partial charge in [0.1, 0.15) is 0 Å². The van der Waals surface area contributed by atoms with E-state index in [2.05, 4.69) is 0 Å². The molecule has 6 nitrogen and oxygen atoms in total. The molecule has 0 aromatic heterocycles. The first-order valence-electron chi connectivity index (χ1n) is 4.48. The summed E-state index contributed by atoms with van der Waals surface area (Å²) >= 11 is 0. The van der Waals surface area contributed by atoms with E-state index in [1.165, 1.54) is 0 Å². The Balaban J connectivity index is 4.82. The van der Waals surface area contributed by atoms with Gasteiger partial charge in [-0.3, -0.25) is 9.11 Å². The highest BCUT2D eigenvalue weighted by molar-refractivity contribution is 8.71. The third-order valence-electron chi connectivity index (χ3n) is 1.51. The maximum Gasteiger partial charge on any atom is 0.320 e. The van der Waals surface area contributed by atoms with Gasteiger partial charge in [-0.15, -0.1) is 0 Å². The third kappa shape index (κ3) is 10.2. The van der Waals surface area contributed by atoms with Gasteiger partial charge in [0, 0.05) is 31.1 Å². The molecule has 0 saturated carbocycles. The van der Waals surface area contributed by atoms with Crippen LogP contribution < -0.4 is 0 Å². The molecule has 0 rings (SSSR count). The zero-order valence-corrected chi connectivity index (χ0v) is 13.1. The summed E-state index contributed by atoms with van der Waals surface area (Å²) in [7, 11) is -7.71. The van der Waals surface area contributed by atoms with Crippen molar-refractivity contribution in [2.24, 2.45) is 0 Å². The summed E-state index contributed by atoms with van der Waals surface area (Å²) in [6.07, 6.45) is 0.162. The first-order chi connectivity index (χ1) is 7.12. The fraction of sp³-hybridized carbons (Fsp3) is 1.00. The van der Waals surface area contributed by atoms with Crippen molar-refractivity contribution in [2.45, 2.75) is 43.6 Å². The Labute approximate surface area is 109 Å². The quantitative estimate of drug-likeness (QED) is 0.564. The molecule has 0 unspecified atom stereocenters. The van der Waals surface area contributed by atoms with E-state index in [0.717, 1.165) is 0 Å². The molecule has 0 aliphatic rings. The van der Waals surface area contributed by atoms with Crippen LogP contribution in [0.25, 0.3) is 0 Å².